The van der Waals surface area contributed by atoms with Gasteiger partial charge in [-0.25, -0.2) is 13.4 Å². The van der Waals surface area contributed by atoms with Crippen molar-refractivity contribution in [3.8, 4) is 0 Å². The molecule has 1 aliphatic rings. The van der Waals surface area contributed by atoms with Crippen LogP contribution in [0.25, 0.3) is 0 Å². The van der Waals surface area contributed by atoms with Crippen molar-refractivity contribution < 1.29 is 13.2 Å². The van der Waals surface area contributed by atoms with Gasteiger partial charge < -0.3 is 10.1 Å². The van der Waals surface area contributed by atoms with E-state index in [9.17, 15) is 8.42 Å². The SMILES string of the molecule is CCC1CC(Nc2ccc(S(C)(=O)=O)nc2)CCO1. The molecular weight excluding hydrogens is 264 g/mol. The smallest absolute Gasteiger partial charge is 0.192 e. The summed E-state index contributed by atoms with van der Waals surface area (Å²) in [5.41, 5.74) is 0.856. The number of nitrogens with zero attached hydrogens (tertiary/aromatic N) is 1. The van der Waals surface area contributed by atoms with E-state index in [4.69, 9.17) is 4.74 Å². The van der Waals surface area contributed by atoms with Crippen LogP contribution in [-0.2, 0) is 14.6 Å². The van der Waals surface area contributed by atoms with E-state index in [-0.39, 0.29) is 5.03 Å². The maximum atomic E-state index is 11.3. The fraction of sp³-hybridized carbons (Fsp3) is 0.615. The fourth-order valence-electron chi connectivity index (χ4n) is 2.22. The lowest BCUT2D eigenvalue weighted by Crippen LogP contribution is -2.33. The Labute approximate surface area is 114 Å². The molecule has 2 rings (SSSR count). The Kier molecular flexibility index (Phi) is 4.42. The first-order valence-electron chi connectivity index (χ1n) is 6.53. The molecule has 1 aromatic heterocycles. The highest BCUT2D eigenvalue weighted by atomic mass is 32.2. The number of hydrogen-bond donors (Lipinski definition) is 1. The van der Waals surface area contributed by atoms with Gasteiger partial charge in [0.05, 0.1) is 18.0 Å². The average molecular weight is 284 g/mol. The molecule has 0 amide bonds. The zero-order valence-electron chi connectivity index (χ0n) is 11.3. The molecule has 1 saturated heterocycles. The fourth-order valence-corrected chi connectivity index (χ4v) is 2.78. The van der Waals surface area contributed by atoms with Gasteiger partial charge in [0.2, 0.25) is 0 Å². The topological polar surface area (TPSA) is 68.3 Å². The van der Waals surface area contributed by atoms with Crippen LogP contribution in [0.2, 0.25) is 0 Å². The molecule has 0 aliphatic carbocycles. The third kappa shape index (κ3) is 3.91. The predicted octanol–water partition coefficient (Wildman–Crippen LogP) is 1.85. The number of ether oxygens (including phenoxy) is 1. The zero-order chi connectivity index (χ0) is 13.9. The van der Waals surface area contributed by atoms with Gasteiger partial charge in [0.15, 0.2) is 14.9 Å². The number of anilines is 1. The van der Waals surface area contributed by atoms with Gasteiger partial charge in [0, 0.05) is 18.9 Å². The Morgan fingerprint density at radius 2 is 2.26 bits per heavy atom. The molecule has 0 aromatic carbocycles. The number of pyridine rings is 1. The number of nitrogens with one attached hydrogen (secondary N) is 1. The van der Waals surface area contributed by atoms with Crippen LogP contribution in [-0.4, -0.2) is 38.4 Å². The molecule has 19 heavy (non-hydrogen) atoms. The number of hydrogen-bond acceptors (Lipinski definition) is 5. The Bertz CT molecular complexity index is 513. The highest BCUT2D eigenvalue weighted by molar-refractivity contribution is 7.90. The Morgan fingerprint density at radius 1 is 1.47 bits per heavy atom. The van der Waals surface area contributed by atoms with E-state index in [2.05, 4.69) is 17.2 Å². The Hall–Kier alpha value is -1.14. The van der Waals surface area contributed by atoms with Gasteiger partial charge in [0.1, 0.15) is 0 Å². The molecule has 1 N–H and O–H groups in total. The van der Waals surface area contributed by atoms with Gasteiger partial charge in [0.25, 0.3) is 0 Å². The molecule has 106 valence electrons. The van der Waals surface area contributed by atoms with Crippen molar-refractivity contribution in [3.05, 3.63) is 18.3 Å². The van der Waals surface area contributed by atoms with Crippen molar-refractivity contribution in [2.24, 2.45) is 0 Å². The van der Waals surface area contributed by atoms with E-state index in [0.717, 1.165) is 37.8 Å². The van der Waals surface area contributed by atoms with Gasteiger partial charge in [-0.1, -0.05) is 6.92 Å². The number of rotatable bonds is 4. The number of sulfone groups is 1. The maximum absolute atomic E-state index is 11.3. The molecule has 2 atom stereocenters. The van der Waals surface area contributed by atoms with Crippen LogP contribution in [0.3, 0.4) is 0 Å². The molecule has 1 fully saturated rings. The first-order valence-corrected chi connectivity index (χ1v) is 8.42. The van der Waals surface area contributed by atoms with Crippen LogP contribution in [0.1, 0.15) is 26.2 Å². The van der Waals surface area contributed by atoms with Crippen LogP contribution in [0, 0.1) is 0 Å². The third-order valence-electron chi connectivity index (χ3n) is 3.31. The van der Waals surface area contributed by atoms with Gasteiger partial charge in [-0.3, -0.25) is 0 Å². The first-order chi connectivity index (χ1) is 8.99. The second-order valence-corrected chi connectivity index (χ2v) is 6.89. The summed E-state index contributed by atoms with van der Waals surface area (Å²) in [6, 6.07) is 3.67. The highest BCUT2D eigenvalue weighted by Gasteiger charge is 2.21. The maximum Gasteiger partial charge on any atom is 0.192 e. The zero-order valence-corrected chi connectivity index (χ0v) is 12.1. The summed E-state index contributed by atoms with van der Waals surface area (Å²) in [6.07, 6.45) is 6.01. The molecular formula is C13H20N2O3S. The monoisotopic (exact) mass is 284 g/mol. The van der Waals surface area contributed by atoms with Gasteiger partial charge in [-0.2, -0.15) is 0 Å². The predicted molar refractivity (Wildman–Crippen MR) is 74.0 cm³/mol. The molecule has 2 heterocycles. The van der Waals surface area contributed by atoms with Crippen LogP contribution in [0.15, 0.2) is 23.4 Å². The third-order valence-corrected chi connectivity index (χ3v) is 4.31. The second-order valence-electron chi connectivity index (χ2n) is 4.92. The van der Waals surface area contributed by atoms with Crippen molar-refractivity contribution in [3.63, 3.8) is 0 Å². The average Bonchev–Trinajstić information content (AvgIpc) is 2.38. The van der Waals surface area contributed by atoms with Gasteiger partial charge >= 0.3 is 0 Å². The second kappa shape index (κ2) is 5.88. The molecule has 1 aromatic rings. The molecule has 0 saturated carbocycles. The summed E-state index contributed by atoms with van der Waals surface area (Å²) in [5.74, 6) is 0. The largest absolute Gasteiger partial charge is 0.381 e. The minimum atomic E-state index is -3.22. The van der Waals surface area contributed by atoms with E-state index in [0.29, 0.717) is 12.1 Å². The summed E-state index contributed by atoms with van der Waals surface area (Å²) in [7, 11) is -3.22. The van der Waals surface area contributed by atoms with Crippen molar-refractivity contribution in [1.82, 2.24) is 4.98 Å². The van der Waals surface area contributed by atoms with Crippen LogP contribution < -0.4 is 5.32 Å². The lowest BCUT2D eigenvalue weighted by atomic mass is 10.0. The van der Waals surface area contributed by atoms with E-state index in [1.54, 1.807) is 12.3 Å². The van der Waals surface area contributed by atoms with E-state index < -0.39 is 9.84 Å². The summed E-state index contributed by atoms with van der Waals surface area (Å²) in [5, 5.41) is 3.49. The van der Waals surface area contributed by atoms with Crippen molar-refractivity contribution in [2.45, 2.75) is 43.4 Å². The quantitative estimate of drug-likeness (QED) is 0.914. The minimum absolute atomic E-state index is 0.108. The summed E-state index contributed by atoms with van der Waals surface area (Å²) in [4.78, 5) is 3.97. The molecule has 5 nitrogen and oxygen atoms in total. The Morgan fingerprint density at radius 3 is 2.84 bits per heavy atom. The first kappa shape index (κ1) is 14.3. The van der Waals surface area contributed by atoms with Crippen LogP contribution in [0.4, 0.5) is 5.69 Å². The van der Waals surface area contributed by atoms with Crippen molar-refractivity contribution >= 4 is 15.5 Å². The van der Waals surface area contributed by atoms with Crippen molar-refractivity contribution in [2.75, 3.05) is 18.2 Å². The lowest BCUT2D eigenvalue weighted by molar-refractivity contribution is 0.00925. The Balaban J connectivity index is 2.00. The summed E-state index contributed by atoms with van der Waals surface area (Å²) in [6.45, 7) is 2.89. The van der Waals surface area contributed by atoms with Crippen LogP contribution >= 0.6 is 0 Å². The standard InChI is InChI=1S/C13H20N2O3S/c1-3-12-8-10(6-7-18-12)15-11-4-5-13(14-9-11)19(2,16)17/h4-5,9-10,12,15H,3,6-8H2,1-2H3. The minimum Gasteiger partial charge on any atom is -0.381 e. The van der Waals surface area contributed by atoms with Gasteiger partial charge in [-0.05, 0) is 31.4 Å². The summed E-state index contributed by atoms with van der Waals surface area (Å²) >= 11 is 0. The normalized spacial score (nSPS) is 24.1. The van der Waals surface area contributed by atoms with Gasteiger partial charge in [-0.15, -0.1) is 0 Å². The molecule has 0 bridgehead atoms. The molecule has 2 unspecified atom stereocenters. The van der Waals surface area contributed by atoms with Crippen LogP contribution in [0.5, 0.6) is 0 Å². The van der Waals surface area contributed by atoms with E-state index in [1.807, 2.05) is 0 Å². The summed E-state index contributed by atoms with van der Waals surface area (Å²) < 4.78 is 28.3. The molecule has 0 spiro atoms. The van der Waals surface area contributed by atoms with Crippen molar-refractivity contribution in [1.29, 1.82) is 0 Å². The molecule has 6 heteroatoms. The lowest BCUT2D eigenvalue weighted by Gasteiger charge is -2.30. The van der Waals surface area contributed by atoms with E-state index in [1.165, 1.54) is 6.07 Å². The van der Waals surface area contributed by atoms with E-state index >= 15 is 0 Å². The number of aromatic nitrogens is 1. The highest BCUT2D eigenvalue weighted by Crippen LogP contribution is 2.20. The molecule has 1 aliphatic heterocycles. The molecule has 0 radical (unpaired) electrons.